The minimum atomic E-state index is -1.82. The third-order valence-electron chi connectivity index (χ3n) is 4.89. The van der Waals surface area contributed by atoms with Crippen molar-refractivity contribution in [3.8, 4) is 11.5 Å². The Morgan fingerprint density at radius 3 is 1.90 bits per heavy atom. The summed E-state index contributed by atoms with van der Waals surface area (Å²) < 4.78 is 12.0. The Morgan fingerprint density at radius 1 is 0.871 bits per heavy atom. The van der Waals surface area contributed by atoms with Crippen molar-refractivity contribution in [3.05, 3.63) is 58.1 Å². The number of rotatable bonds is 6. The van der Waals surface area contributed by atoms with E-state index in [4.69, 9.17) is 29.3 Å². The average Bonchev–Trinajstić information content (AvgIpc) is 2.77. The van der Waals surface area contributed by atoms with E-state index in [0.717, 1.165) is 50.8 Å². The van der Waals surface area contributed by atoms with Gasteiger partial charge in [0.1, 0.15) is 11.5 Å². The van der Waals surface area contributed by atoms with E-state index in [-0.39, 0.29) is 0 Å². The number of benzene rings is 2. The maximum atomic E-state index is 9.10. The van der Waals surface area contributed by atoms with Gasteiger partial charge in [-0.1, -0.05) is 40.2 Å². The van der Waals surface area contributed by atoms with Gasteiger partial charge in [0, 0.05) is 55.4 Å². The van der Waals surface area contributed by atoms with E-state index in [0.29, 0.717) is 0 Å². The molecule has 0 saturated carbocycles. The summed E-state index contributed by atoms with van der Waals surface area (Å²) >= 11 is 3.65. The normalized spacial score (nSPS) is 14.3. The predicted molar refractivity (Wildman–Crippen MR) is 120 cm³/mol. The van der Waals surface area contributed by atoms with Crippen LogP contribution in [0.4, 0.5) is 0 Å². The van der Waals surface area contributed by atoms with Gasteiger partial charge in [-0.15, -0.1) is 0 Å². The molecule has 0 atom stereocenters. The molecule has 1 aliphatic heterocycles. The van der Waals surface area contributed by atoms with Crippen LogP contribution >= 0.6 is 15.9 Å². The fourth-order valence-electron chi connectivity index (χ4n) is 3.20. The highest BCUT2D eigenvalue weighted by Gasteiger charge is 2.19. The van der Waals surface area contributed by atoms with Crippen molar-refractivity contribution in [1.82, 2.24) is 9.80 Å². The zero-order chi connectivity index (χ0) is 22.8. The first-order valence-corrected chi connectivity index (χ1v) is 10.5. The van der Waals surface area contributed by atoms with Crippen LogP contribution in [0.25, 0.3) is 0 Å². The van der Waals surface area contributed by atoms with E-state index < -0.39 is 11.9 Å². The number of piperazine rings is 1. The molecule has 1 fully saturated rings. The molecular weight excluding hydrogens is 468 g/mol. The molecule has 8 nitrogen and oxygen atoms in total. The van der Waals surface area contributed by atoms with E-state index >= 15 is 0 Å². The number of carbonyl (C=O) groups is 2. The van der Waals surface area contributed by atoms with Crippen LogP contribution in [0.3, 0.4) is 0 Å². The molecule has 0 amide bonds. The van der Waals surface area contributed by atoms with Crippen molar-refractivity contribution in [2.24, 2.45) is 0 Å². The summed E-state index contributed by atoms with van der Waals surface area (Å²) in [6.45, 7) is 6.22. The Balaban J connectivity index is 0.000000501. The topological polar surface area (TPSA) is 99.5 Å². The molecule has 1 saturated heterocycles. The fraction of sp³-hybridized carbons (Fsp3) is 0.364. The molecule has 0 spiro atoms. The minimum Gasteiger partial charge on any atom is -0.497 e. The number of nitrogens with zero attached hydrogens (tertiary/aromatic N) is 2. The largest absolute Gasteiger partial charge is 0.497 e. The van der Waals surface area contributed by atoms with Gasteiger partial charge in [0.05, 0.1) is 14.2 Å². The molecular formula is C22H27BrN2O6. The first-order chi connectivity index (χ1) is 14.8. The fourth-order valence-corrected chi connectivity index (χ4v) is 3.61. The average molecular weight is 495 g/mol. The van der Waals surface area contributed by atoms with Crippen LogP contribution in [-0.4, -0.2) is 72.4 Å². The standard InChI is InChI=1S/C20H25BrN2O2.C2H2O4/c1-24-18-8-7-17(20(13-18)25-2)15-23-11-9-22(10-12-23)14-16-5-3-4-6-19(16)21;3-1(4)2(5)6/h3-8,13H,9-12,14-15H2,1-2H3;(H,3,4)(H,5,6). The van der Waals surface area contributed by atoms with Crippen molar-refractivity contribution < 1.29 is 29.3 Å². The van der Waals surface area contributed by atoms with Gasteiger partial charge < -0.3 is 19.7 Å². The molecule has 2 N–H and O–H groups in total. The minimum absolute atomic E-state index is 0.832. The molecule has 3 rings (SSSR count). The number of carboxylic acids is 2. The molecule has 0 radical (unpaired) electrons. The first-order valence-electron chi connectivity index (χ1n) is 9.69. The Kier molecular flexibility index (Phi) is 9.77. The lowest BCUT2D eigenvalue weighted by molar-refractivity contribution is -0.159. The van der Waals surface area contributed by atoms with E-state index in [1.54, 1.807) is 14.2 Å². The van der Waals surface area contributed by atoms with E-state index in [9.17, 15) is 0 Å². The molecule has 0 unspecified atom stereocenters. The maximum absolute atomic E-state index is 9.10. The molecule has 2 aromatic carbocycles. The SMILES string of the molecule is COc1ccc(CN2CCN(Cc3ccccc3Br)CC2)c(OC)c1.O=C(O)C(=O)O. The van der Waals surface area contributed by atoms with Gasteiger partial charge in [-0.05, 0) is 17.7 Å². The third kappa shape index (κ3) is 7.86. The second kappa shape index (κ2) is 12.3. The second-order valence-electron chi connectivity index (χ2n) is 6.93. The Morgan fingerprint density at radius 2 is 1.42 bits per heavy atom. The lowest BCUT2D eigenvalue weighted by atomic mass is 10.1. The van der Waals surface area contributed by atoms with Gasteiger partial charge in [0.15, 0.2) is 0 Å². The molecule has 0 aliphatic carbocycles. The van der Waals surface area contributed by atoms with Gasteiger partial charge in [-0.3, -0.25) is 9.80 Å². The van der Waals surface area contributed by atoms with Crippen molar-refractivity contribution in [3.63, 3.8) is 0 Å². The van der Waals surface area contributed by atoms with Gasteiger partial charge in [-0.2, -0.15) is 0 Å². The van der Waals surface area contributed by atoms with Crippen LogP contribution in [-0.2, 0) is 22.7 Å². The van der Waals surface area contributed by atoms with E-state index in [1.807, 2.05) is 12.1 Å². The van der Waals surface area contributed by atoms with Gasteiger partial charge in [0.2, 0.25) is 0 Å². The van der Waals surface area contributed by atoms with Crippen LogP contribution in [0.5, 0.6) is 11.5 Å². The molecule has 1 heterocycles. The van der Waals surface area contributed by atoms with Crippen LogP contribution in [0.2, 0.25) is 0 Å². The van der Waals surface area contributed by atoms with Crippen LogP contribution in [0.15, 0.2) is 46.9 Å². The number of aliphatic carboxylic acids is 2. The quantitative estimate of drug-likeness (QED) is 0.591. The number of halogens is 1. The van der Waals surface area contributed by atoms with Crippen molar-refractivity contribution in [2.45, 2.75) is 13.1 Å². The second-order valence-corrected chi connectivity index (χ2v) is 7.79. The summed E-state index contributed by atoms with van der Waals surface area (Å²) in [5.41, 5.74) is 2.57. The number of methoxy groups -OCH3 is 2. The summed E-state index contributed by atoms with van der Waals surface area (Å²) in [7, 11) is 3.40. The van der Waals surface area contributed by atoms with Gasteiger partial charge >= 0.3 is 11.9 Å². The van der Waals surface area contributed by atoms with Crippen LogP contribution < -0.4 is 9.47 Å². The highest BCUT2D eigenvalue weighted by Crippen LogP contribution is 2.26. The monoisotopic (exact) mass is 494 g/mol. The highest BCUT2D eigenvalue weighted by atomic mass is 79.9. The van der Waals surface area contributed by atoms with Gasteiger partial charge in [-0.25, -0.2) is 9.59 Å². The summed E-state index contributed by atoms with van der Waals surface area (Å²) in [5.74, 6) is -1.92. The predicted octanol–water partition coefficient (Wildman–Crippen LogP) is 2.94. The smallest absolute Gasteiger partial charge is 0.414 e. The lowest BCUT2D eigenvalue weighted by Crippen LogP contribution is -2.45. The first kappa shape index (κ1) is 24.6. The molecule has 31 heavy (non-hydrogen) atoms. The summed E-state index contributed by atoms with van der Waals surface area (Å²) in [4.78, 5) is 23.2. The Labute approximate surface area is 190 Å². The molecule has 2 aromatic rings. The zero-order valence-electron chi connectivity index (χ0n) is 17.6. The van der Waals surface area contributed by atoms with Crippen LogP contribution in [0, 0.1) is 0 Å². The summed E-state index contributed by atoms with van der Waals surface area (Å²) in [6, 6.07) is 14.5. The van der Waals surface area contributed by atoms with E-state index in [2.05, 4.69) is 56.1 Å². The Hall–Kier alpha value is -2.62. The van der Waals surface area contributed by atoms with Crippen molar-refractivity contribution >= 4 is 27.9 Å². The summed E-state index contributed by atoms with van der Waals surface area (Å²) in [5, 5.41) is 14.8. The Bertz CT molecular complexity index is 872. The van der Waals surface area contributed by atoms with Crippen molar-refractivity contribution in [1.29, 1.82) is 0 Å². The third-order valence-corrected chi connectivity index (χ3v) is 5.66. The van der Waals surface area contributed by atoms with Crippen molar-refractivity contribution in [2.75, 3.05) is 40.4 Å². The molecule has 168 valence electrons. The zero-order valence-corrected chi connectivity index (χ0v) is 19.2. The molecule has 1 aliphatic rings. The molecule has 0 bridgehead atoms. The van der Waals surface area contributed by atoms with Gasteiger partial charge in [0.25, 0.3) is 0 Å². The maximum Gasteiger partial charge on any atom is 0.414 e. The number of hydrogen-bond donors (Lipinski definition) is 2. The number of carboxylic acid groups (broad SMARTS) is 2. The van der Waals surface area contributed by atoms with Crippen LogP contribution in [0.1, 0.15) is 11.1 Å². The number of ether oxygens (including phenoxy) is 2. The lowest BCUT2D eigenvalue weighted by Gasteiger charge is -2.35. The molecule has 0 aromatic heterocycles. The van der Waals surface area contributed by atoms with E-state index in [1.165, 1.54) is 15.6 Å². The highest BCUT2D eigenvalue weighted by molar-refractivity contribution is 9.10. The summed E-state index contributed by atoms with van der Waals surface area (Å²) in [6.07, 6.45) is 0. The number of hydrogen-bond acceptors (Lipinski definition) is 6. The molecule has 9 heteroatoms.